The SMILES string of the molecule is COCCN(CCC(N)=NO)C(=O)C(C)C(C)C. The summed E-state index contributed by atoms with van der Waals surface area (Å²) in [4.78, 5) is 13.9. The van der Waals surface area contributed by atoms with Crippen LogP contribution in [0.25, 0.3) is 0 Å². The summed E-state index contributed by atoms with van der Waals surface area (Å²) in [6.45, 7) is 7.38. The molecule has 1 atom stereocenters. The van der Waals surface area contributed by atoms with Gasteiger partial charge in [0.1, 0.15) is 5.84 Å². The van der Waals surface area contributed by atoms with Gasteiger partial charge in [0, 0.05) is 32.5 Å². The highest BCUT2D eigenvalue weighted by atomic mass is 16.5. The van der Waals surface area contributed by atoms with Gasteiger partial charge in [-0.2, -0.15) is 0 Å². The van der Waals surface area contributed by atoms with E-state index in [9.17, 15) is 4.79 Å². The minimum atomic E-state index is -0.0471. The molecule has 0 rings (SSSR count). The maximum Gasteiger partial charge on any atom is 0.225 e. The van der Waals surface area contributed by atoms with Crippen LogP contribution in [0.15, 0.2) is 5.16 Å². The summed E-state index contributed by atoms with van der Waals surface area (Å²) in [5.41, 5.74) is 5.42. The molecule has 6 heteroatoms. The van der Waals surface area contributed by atoms with Gasteiger partial charge >= 0.3 is 0 Å². The molecule has 0 saturated carbocycles. The molecular formula is C12H25N3O3. The topological polar surface area (TPSA) is 88.2 Å². The Morgan fingerprint density at radius 3 is 2.44 bits per heavy atom. The fourth-order valence-electron chi connectivity index (χ4n) is 1.41. The van der Waals surface area contributed by atoms with Crippen LogP contribution >= 0.6 is 0 Å². The second kappa shape index (κ2) is 8.74. The highest BCUT2D eigenvalue weighted by Gasteiger charge is 2.22. The van der Waals surface area contributed by atoms with Gasteiger partial charge in [-0.25, -0.2) is 0 Å². The van der Waals surface area contributed by atoms with E-state index in [0.717, 1.165) is 0 Å². The number of methoxy groups -OCH3 is 1. The molecular weight excluding hydrogens is 234 g/mol. The van der Waals surface area contributed by atoms with Crippen LogP contribution in [0.1, 0.15) is 27.2 Å². The maximum absolute atomic E-state index is 12.2. The maximum atomic E-state index is 12.2. The Bertz CT molecular complexity index is 280. The molecule has 3 N–H and O–H groups in total. The minimum Gasteiger partial charge on any atom is -0.409 e. The van der Waals surface area contributed by atoms with Gasteiger partial charge in [0.2, 0.25) is 5.91 Å². The van der Waals surface area contributed by atoms with Crippen LogP contribution in [0.3, 0.4) is 0 Å². The summed E-state index contributed by atoms with van der Waals surface area (Å²) in [5, 5.41) is 11.4. The first-order valence-electron chi connectivity index (χ1n) is 6.18. The lowest BCUT2D eigenvalue weighted by Crippen LogP contribution is -2.40. The van der Waals surface area contributed by atoms with E-state index >= 15 is 0 Å². The molecule has 0 heterocycles. The summed E-state index contributed by atoms with van der Waals surface area (Å²) in [6.07, 6.45) is 0.358. The molecule has 106 valence electrons. The molecule has 0 aliphatic heterocycles. The molecule has 0 aromatic rings. The molecule has 0 aliphatic rings. The number of hydrogen-bond donors (Lipinski definition) is 2. The zero-order chi connectivity index (χ0) is 14.1. The molecule has 6 nitrogen and oxygen atoms in total. The van der Waals surface area contributed by atoms with Gasteiger partial charge in [0.15, 0.2) is 0 Å². The van der Waals surface area contributed by atoms with Crippen LogP contribution in [0.4, 0.5) is 0 Å². The summed E-state index contributed by atoms with van der Waals surface area (Å²) in [5.74, 6) is 0.441. The monoisotopic (exact) mass is 259 g/mol. The lowest BCUT2D eigenvalue weighted by molar-refractivity contribution is -0.136. The first-order valence-corrected chi connectivity index (χ1v) is 6.18. The Labute approximate surface area is 109 Å². The van der Waals surface area contributed by atoms with Crippen molar-refractivity contribution in [3.8, 4) is 0 Å². The van der Waals surface area contributed by atoms with Gasteiger partial charge in [0.05, 0.1) is 6.61 Å². The van der Waals surface area contributed by atoms with E-state index in [1.165, 1.54) is 0 Å². The molecule has 1 amide bonds. The Hall–Kier alpha value is -1.30. The highest BCUT2D eigenvalue weighted by Crippen LogP contribution is 2.13. The third-order valence-corrected chi connectivity index (χ3v) is 3.03. The number of nitrogens with two attached hydrogens (primary N) is 1. The molecule has 0 saturated heterocycles. The van der Waals surface area contributed by atoms with Gasteiger partial charge in [0.25, 0.3) is 0 Å². The van der Waals surface area contributed by atoms with Crippen molar-refractivity contribution in [2.75, 3.05) is 26.8 Å². The number of ether oxygens (including phenoxy) is 1. The Balaban J connectivity index is 4.51. The van der Waals surface area contributed by atoms with Crippen molar-refractivity contribution in [2.45, 2.75) is 27.2 Å². The zero-order valence-electron chi connectivity index (χ0n) is 11.7. The smallest absolute Gasteiger partial charge is 0.225 e. The van der Waals surface area contributed by atoms with Gasteiger partial charge in [-0.1, -0.05) is 25.9 Å². The molecule has 0 aromatic carbocycles. The normalized spacial score (nSPS) is 13.7. The van der Waals surface area contributed by atoms with E-state index in [4.69, 9.17) is 15.7 Å². The average molecular weight is 259 g/mol. The predicted octanol–water partition coefficient (Wildman–Crippen LogP) is 0.890. The largest absolute Gasteiger partial charge is 0.409 e. The van der Waals surface area contributed by atoms with Crippen molar-refractivity contribution in [1.82, 2.24) is 4.90 Å². The van der Waals surface area contributed by atoms with Gasteiger partial charge < -0.3 is 20.6 Å². The Morgan fingerprint density at radius 1 is 1.39 bits per heavy atom. The van der Waals surface area contributed by atoms with Gasteiger partial charge in [-0.3, -0.25) is 4.79 Å². The molecule has 0 spiro atoms. The van der Waals surface area contributed by atoms with Crippen molar-refractivity contribution < 1.29 is 14.7 Å². The van der Waals surface area contributed by atoms with Crippen LogP contribution < -0.4 is 5.73 Å². The third kappa shape index (κ3) is 5.86. The van der Waals surface area contributed by atoms with E-state index in [1.807, 2.05) is 20.8 Å². The van der Waals surface area contributed by atoms with E-state index in [-0.39, 0.29) is 23.6 Å². The first-order chi connectivity index (χ1) is 8.43. The number of nitrogens with zero attached hydrogens (tertiary/aromatic N) is 2. The van der Waals surface area contributed by atoms with Crippen LogP contribution in [-0.4, -0.2) is 48.7 Å². The summed E-state index contributed by atoms with van der Waals surface area (Å²) in [6, 6.07) is 0. The Kier molecular flexibility index (Phi) is 8.11. The molecule has 0 aliphatic carbocycles. The number of amides is 1. The zero-order valence-corrected chi connectivity index (χ0v) is 11.7. The van der Waals surface area contributed by atoms with Gasteiger partial charge in [-0.05, 0) is 5.92 Å². The van der Waals surface area contributed by atoms with Crippen molar-refractivity contribution in [2.24, 2.45) is 22.7 Å². The van der Waals surface area contributed by atoms with Crippen molar-refractivity contribution in [3.05, 3.63) is 0 Å². The van der Waals surface area contributed by atoms with E-state index in [2.05, 4.69) is 5.16 Å². The molecule has 18 heavy (non-hydrogen) atoms. The number of oxime groups is 1. The standard InChI is InChI=1S/C12H25N3O3/c1-9(2)10(3)12(16)15(7-8-18-4)6-5-11(13)14-17/h9-10,17H,5-8H2,1-4H3,(H2,13,14). The summed E-state index contributed by atoms with van der Waals surface area (Å²) >= 11 is 0. The van der Waals surface area contributed by atoms with Crippen molar-refractivity contribution in [1.29, 1.82) is 0 Å². The van der Waals surface area contributed by atoms with E-state index in [0.29, 0.717) is 26.1 Å². The van der Waals surface area contributed by atoms with E-state index in [1.54, 1.807) is 12.0 Å². The van der Waals surface area contributed by atoms with Crippen LogP contribution in [0, 0.1) is 11.8 Å². The van der Waals surface area contributed by atoms with E-state index < -0.39 is 0 Å². The summed E-state index contributed by atoms with van der Waals surface area (Å²) in [7, 11) is 1.60. The lowest BCUT2D eigenvalue weighted by atomic mass is 9.96. The third-order valence-electron chi connectivity index (χ3n) is 3.03. The quantitative estimate of drug-likeness (QED) is 0.293. The Morgan fingerprint density at radius 2 is 2.00 bits per heavy atom. The molecule has 1 unspecified atom stereocenters. The fourth-order valence-corrected chi connectivity index (χ4v) is 1.41. The van der Waals surface area contributed by atoms with Crippen LogP contribution in [0.5, 0.6) is 0 Å². The second-order valence-electron chi connectivity index (χ2n) is 4.69. The number of amidine groups is 1. The fraction of sp³-hybridized carbons (Fsp3) is 0.833. The van der Waals surface area contributed by atoms with Crippen molar-refractivity contribution >= 4 is 11.7 Å². The van der Waals surface area contributed by atoms with Crippen LogP contribution in [-0.2, 0) is 9.53 Å². The average Bonchev–Trinajstić information content (AvgIpc) is 2.36. The molecule has 0 aromatic heterocycles. The number of hydrogen-bond acceptors (Lipinski definition) is 4. The molecule has 0 radical (unpaired) electrons. The molecule has 0 fully saturated rings. The predicted molar refractivity (Wildman–Crippen MR) is 70.5 cm³/mol. The second-order valence-corrected chi connectivity index (χ2v) is 4.69. The van der Waals surface area contributed by atoms with Gasteiger partial charge in [-0.15, -0.1) is 0 Å². The first kappa shape index (κ1) is 16.7. The number of rotatable bonds is 8. The number of carbonyl (C=O) groups excluding carboxylic acids is 1. The lowest BCUT2D eigenvalue weighted by Gasteiger charge is -2.27. The minimum absolute atomic E-state index is 0.0471. The highest BCUT2D eigenvalue weighted by molar-refractivity contribution is 5.82. The number of carbonyl (C=O) groups is 1. The van der Waals surface area contributed by atoms with Crippen LogP contribution in [0.2, 0.25) is 0 Å². The summed E-state index contributed by atoms with van der Waals surface area (Å²) < 4.78 is 4.99. The molecule has 0 bridgehead atoms. The van der Waals surface area contributed by atoms with Crippen molar-refractivity contribution in [3.63, 3.8) is 0 Å².